The first-order valence-corrected chi connectivity index (χ1v) is 12.2. The first-order chi connectivity index (χ1) is 16.5. The minimum absolute atomic E-state index is 0.137. The van der Waals surface area contributed by atoms with Gasteiger partial charge in [-0.05, 0) is 55.0 Å². The van der Waals surface area contributed by atoms with Crippen LogP contribution in [0.1, 0.15) is 48.3 Å². The summed E-state index contributed by atoms with van der Waals surface area (Å²) >= 11 is 0. The van der Waals surface area contributed by atoms with E-state index in [1.807, 2.05) is 12.1 Å². The van der Waals surface area contributed by atoms with Crippen molar-refractivity contribution in [2.24, 2.45) is 0 Å². The number of hydrogen-bond donors (Lipinski definition) is 1. The molecule has 0 bridgehead atoms. The van der Waals surface area contributed by atoms with Gasteiger partial charge in [0.1, 0.15) is 5.82 Å². The van der Waals surface area contributed by atoms with E-state index in [2.05, 4.69) is 38.8 Å². The Kier molecular flexibility index (Phi) is 6.83. The standard InChI is InChI=1S/C27H32FN5O/c1-19(20-2-4-21(28)5-3-20)12-22-14-25(15-23(31-22)13-24-16-29-8-9-30-24)33-17-26(18-33)32-10-6-27(34)7-11-32/h2-5,8-9,14-16,19,26-27,34H,6-7,10-13,17-18H2,1H3/t19-/m1/s1. The molecule has 0 spiro atoms. The Balaban J connectivity index is 1.33. The van der Waals surface area contributed by atoms with Crippen LogP contribution < -0.4 is 4.90 Å². The normalized spacial score (nSPS) is 18.6. The first kappa shape index (κ1) is 22.9. The molecule has 7 heteroatoms. The van der Waals surface area contributed by atoms with Crippen molar-refractivity contribution in [3.8, 4) is 0 Å². The maximum absolute atomic E-state index is 13.4. The van der Waals surface area contributed by atoms with E-state index < -0.39 is 0 Å². The molecular formula is C27H32FN5O. The van der Waals surface area contributed by atoms with E-state index in [0.717, 1.165) is 68.1 Å². The van der Waals surface area contributed by atoms with Crippen LogP contribution in [0.3, 0.4) is 0 Å². The number of piperidine rings is 1. The summed E-state index contributed by atoms with van der Waals surface area (Å²) < 4.78 is 13.4. The van der Waals surface area contributed by atoms with Crippen LogP contribution in [-0.2, 0) is 12.8 Å². The largest absolute Gasteiger partial charge is 0.393 e. The number of aromatic nitrogens is 3. The molecule has 0 amide bonds. The van der Waals surface area contributed by atoms with Crippen molar-refractivity contribution in [1.29, 1.82) is 0 Å². The zero-order chi connectivity index (χ0) is 23.5. The predicted octanol–water partition coefficient (Wildman–Crippen LogP) is 3.59. The van der Waals surface area contributed by atoms with Crippen LogP contribution in [0.5, 0.6) is 0 Å². The van der Waals surface area contributed by atoms with Crippen molar-refractivity contribution < 1.29 is 9.50 Å². The number of aliphatic hydroxyl groups excluding tert-OH is 1. The molecule has 2 aliphatic heterocycles. The average Bonchev–Trinajstić information content (AvgIpc) is 2.80. The highest BCUT2D eigenvalue weighted by molar-refractivity contribution is 5.52. The zero-order valence-corrected chi connectivity index (χ0v) is 19.6. The van der Waals surface area contributed by atoms with Crippen LogP contribution in [0, 0.1) is 5.82 Å². The molecule has 1 aromatic carbocycles. The molecule has 178 valence electrons. The summed E-state index contributed by atoms with van der Waals surface area (Å²) in [6.07, 6.45) is 8.23. The van der Waals surface area contributed by atoms with Gasteiger partial charge in [-0.15, -0.1) is 0 Å². The van der Waals surface area contributed by atoms with Crippen molar-refractivity contribution in [3.05, 3.63) is 83.5 Å². The lowest BCUT2D eigenvalue weighted by molar-refractivity contribution is 0.0531. The molecule has 2 aromatic heterocycles. The fraction of sp³-hybridized carbons (Fsp3) is 0.444. The lowest BCUT2D eigenvalue weighted by Gasteiger charge is -2.48. The molecule has 0 radical (unpaired) electrons. The van der Waals surface area contributed by atoms with Crippen LogP contribution in [0.4, 0.5) is 10.1 Å². The lowest BCUT2D eigenvalue weighted by Crippen LogP contribution is -2.61. The SMILES string of the molecule is C[C@H](Cc1cc(N2CC(N3CCC(O)CC3)C2)cc(Cc2cnccn2)n1)c1ccc(F)cc1. The lowest BCUT2D eigenvalue weighted by atomic mass is 9.95. The molecular weight excluding hydrogens is 429 g/mol. The number of halogens is 1. The number of nitrogens with zero attached hydrogens (tertiary/aromatic N) is 5. The molecule has 1 N–H and O–H groups in total. The van der Waals surface area contributed by atoms with E-state index in [1.165, 1.54) is 17.8 Å². The Morgan fingerprint density at radius 2 is 1.76 bits per heavy atom. The highest BCUT2D eigenvalue weighted by atomic mass is 19.1. The third-order valence-electron chi connectivity index (χ3n) is 7.09. The number of pyridine rings is 1. The van der Waals surface area contributed by atoms with Gasteiger partial charge in [-0.2, -0.15) is 0 Å². The minimum atomic E-state index is -0.210. The molecule has 34 heavy (non-hydrogen) atoms. The van der Waals surface area contributed by atoms with Gasteiger partial charge < -0.3 is 10.0 Å². The number of hydrogen-bond acceptors (Lipinski definition) is 6. The van der Waals surface area contributed by atoms with Gasteiger partial charge in [0.25, 0.3) is 0 Å². The Morgan fingerprint density at radius 3 is 2.47 bits per heavy atom. The molecule has 4 heterocycles. The van der Waals surface area contributed by atoms with E-state index in [0.29, 0.717) is 12.5 Å². The van der Waals surface area contributed by atoms with Crippen molar-refractivity contribution in [3.63, 3.8) is 0 Å². The van der Waals surface area contributed by atoms with Gasteiger partial charge in [0, 0.05) is 74.3 Å². The van der Waals surface area contributed by atoms with Crippen molar-refractivity contribution >= 4 is 5.69 Å². The second kappa shape index (κ2) is 10.2. The first-order valence-electron chi connectivity index (χ1n) is 12.2. The zero-order valence-electron chi connectivity index (χ0n) is 19.6. The van der Waals surface area contributed by atoms with Crippen LogP contribution in [0.25, 0.3) is 0 Å². The summed E-state index contributed by atoms with van der Waals surface area (Å²) in [6, 6.07) is 11.7. The Hall–Kier alpha value is -2.90. The van der Waals surface area contributed by atoms with E-state index in [4.69, 9.17) is 4.98 Å². The summed E-state index contributed by atoms with van der Waals surface area (Å²) in [7, 11) is 0. The molecule has 2 saturated heterocycles. The fourth-order valence-electron chi connectivity index (χ4n) is 4.99. The summed E-state index contributed by atoms with van der Waals surface area (Å²) in [5, 5.41) is 9.81. The van der Waals surface area contributed by atoms with Crippen LogP contribution >= 0.6 is 0 Å². The molecule has 3 aromatic rings. The van der Waals surface area contributed by atoms with E-state index >= 15 is 0 Å². The molecule has 0 saturated carbocycles. The number of anilines is 1. The van der Waals surface area contributed by atoms with Crippen molar-refractivity contribution in [2.75, 3.05) is 31.1 Å². The molecule has 2 aliphatic rings. The van der Waals surface area contributed by atoms with Gasteiger partial charge in [0.2, 0.25) is 0 Å². The maximum Gasteiger partial charge on any atom is 0.123 e. The predicted molar refractivity (Wildman–Crippen MR) is 130 cm³/mol. The summed E-state index contributed by atoms with van der Waals surface area (Å²) in [5.41, 5.74) is 5.24. The van der Waals surface area contributed by atoms with Gasteiger partial charge in [-0.25, -0.2) is 4.39 Å². The maximum atomic E-state index is 13.4. The molecule has 1 atom stereocenters. The topological polar surface area (TPSA) is 65.4 Å². The smallest absolute Gasteiger partial charge is 0.123 e. The molecule has 2 fully saturated rings. The van der Waals surface area contributed by atoms with E-state index in [9.17, 15) is 9.50 Å². The van der Waals surface area contributed by atoms with Gasteiger partial charge in [0.05, 0.1) is 11.8 Å². The third kappa shape index (κ3) is 5.42. The van der Waals surface area contributed by atoms with Crippen LogP contribution in [-0.4, -0.2) is 63.3 Å². The minimum Gasteiger partial charge on any atom is -0.393 e. The Labute approximate surface area is 200 Å². The average molecular weight is 462 g/mol. The van der Waals surface area contributed by atoms with E-state index in [1.54, 1.807) is 18.6 Å². The van der Waals surface area contributed by atoms with Gasteiger partial charge in [-0.1, -0.05) is 19.1 Å². The second-order valence-corrected chi connectivity index (χ2v) is 9.66. The summed E-state index contributed by atoms with van der Waals surface area (Å²) in [6.45, 7) is 6.12. The third-order valence-corrected chi connectivity index (χ3v) is 7.09. The molecule has 0 aliphatic carbocycles. The summed E-state index contributed by atoms with van der Waals surface area (Å²) in [4.78, 5) is 18.5. The quantitative estimate of drug-likeness (QED) is 0.580. The Bertz CT molecular complexity index is 1080. The molecule has 0 unspecified atom stereocenters. The monoisotopic (exact) mass is 461 g/mol. The fourth-order valence-corrected chi connectivity index (χ4v) is 4.99. The van der Waals surface area contributed by atoms with Crippen molar-refractivity contribution in [2.45, 2.75) is 50.7 Å². The van der Waals surface area contributed by atoms with Gasteiger partial charge >= 0.3 is 0 Å². The van der Waals surface area contributed by atoms with Gasteiger partial charge in [0.15, 0.2) is 0 Å². The molecule has 5 rings (SSSR count). The van der Waals surface area contributed by atoms with Gasteiger partial charge in [-0.3, -0.25) is 19.9 Å². The number of rotatable bonds is 7. The number of benzene rings is 1. The summed E-state index contributed by atoms with van der Waals surface area (Å²) in [5.74, 6) is 0.0227. The number of likely N-dealkylation sites (tertiary alicyclic amines) is 1. The Morgan fingerprint density at radius 1 is 1.03 bits per heavy atom. The van der Waals surface area contributed by atoms with Crippen LogP contribution in [0.2, 0.25) is 0 Å². The van der Waals surface area contributed by atoms with E-state index in [-0.39, 0.29) is 17.8 Å². The second-order valence-electron chi connectivity index (χ2n) is 9.66. The number of aliphatic hydroxyl groups is 1. The van der Waals surface area contributed by atoms with Crippen LogP contribution in [0.15, 0.2) is 55.0 Å². The highest BCUT2D eigenvalue weighted by Gasteiger charge is 2.34. The van der Waals surface area contributed by atoms with Crippen molar-refractivity contribution in [1.82, 2.24) is 19.9 Å². The highest BCUT2D eigenvalue weighted by Crippen LogP contribution is 2.29. The molecule has 6 nitrogen and oxygen atoms in total.